The van der Waals surface area contributed by atoms with E-state index in [0.717, 1.165) is 18.6 Å². The smallest absolute Gasteiger partial charge is 0.191 e. The van der Waals surface area contributed by atoms with Gasteiger partial charge in [0.25, 0.3) is 0 Å². The molecule has 1 aromatic rings. The van der Waals surface area contributed by atoms with Crippen LogP contribution in [0.1, 0.15) is 49.4 Å². The molecule has 2 atom stereocenters. The monoisotopic (exact) mass is 292 g/mol. The minimum Gasteiger partial charge on any atom is -0.497 e. The summed E-state index contributed by atoms with van der Waals surface area (Å²) < 4.78 is 16.5. The molecule has 21 heavy (non-hydrogen) atoms. The van der Waals surface area contributed by atoms with Gasteiger partial charge in [-0.15, -0.1) is 0 Å². The number of hydrogen-bond acceptors (Lipinski definition) is 4. The van der Waals surface area contributed by atoms with Crippen molar-refractivity contribution in [2.75, 3.05) is 13.7 Å². The third-order valence-electron chi connectivity index (χ3n) is 3.71. The summed E-state index contributed by atoms with van der Waals surface area (Å²) in [6.45, 7) is 2.75. The standard InChI is InChI=1S/C17H24O4/c1-3-4-5-6-16-20-12-11-15(21-16)17(18)13-7-9-14(19-2)10-8-13/h7-10,15-16H,3-6,11-12H2,1-2H3/t15-,16+/m0/s1. The van der Waals surface area contributed by atoms with Crippen molar-refractivity contribution in [1.29, 1.82) is 0 Å². The first-order valence-corrected chi connectivity index (χ1v) is 7.70. The second-order valence-electron chi connectivity index (χ2n) is 5.30. The number of carbonyl (C=O) groups excluding carboxylic acids is 1. The number of carbonyl (C=O) groups is 1. The van der Waals surface area contributed by atoms with E-state index < -0.39 is 6.10 Å². The van der Waals surface area contributed by atoms with Gasteiger partial charge in [-0.2, -0.15) is 0 Å². The Labute approximate surface area is 126 Å². The van der Waals surface area contributed by atoms with Crippen LogP contribution >= 0.6 is 0 Å². The van der Waals surface area contributed by atoms with E-state index in [1.807, 2.05) is 0 Å². The molecule has 2 rings (SSSR count). The molecule has 0 spiro atoms. The number of Topliss-reactive ketones (excluding diaryl/α,β-unsaturated/α-hetero) is 1. The lowest BCUT2D eigenvalue weighted by Gasteiger charge is -2.29. The minimum absolute atomic E-state index is 0.0291. The zero-order valence-electron chi connectivity index (χ0n) is 12.8. The summed E-state index contributed by atoms with van der Waals surface area (Å²) >= 11 is 0. The fraction of sp³-hybridized carbons (Fsp3) is 0.588. The zero-order valence-corrected chi connectivity index (χ0v) is 12.8. The molecule has 0 bridgehead atoms. The van der Waals surface area contributed by atoms with Crippen molar-refractivity contribution in [2.24, 2.45) is 0 Å². The van der Waals surface area contributed by atoms with Gasteiger partial charge in [0.2, 0.25) is 0 Å². The van der Waals surface area contributed by atoms with Crippen LogP contribution in [0.5, 0.6) is 5.75 Å². The molecule has 1 aliphatic heterocycles. The van der Waals surface area contributed by atoms with Gasteiger partial charge in [-0.3, -0.25) is 4.79 Å². The molecule has 0 aromatic heterocycles. The van der Waals surface area contributed by atoms with Crippen molar-refractivity contribution in [3.63, 3.8) is 0 Å². The molecule has 4 nitrogen and oxygen atoms in total. The summed E-state index contributed by atoms with van der Waals surface area (Å²) in [5.41, 5.74) is 0.662. The fourth-order valence-electron chi connectivity index (χ4n) is 2.44. The average molecular weight is 292 g/mol. The molecular formula is C17H24O4. The van der Waals surface area contributed by atoms with Gasteiger partial charge in [0.15, 0.2) is 12.1 Å². The summed E-state index contributed by atoms with van der Waals surface area (Å²) in [5, 5.41) is 0. The van der Waals surface area contributed by atoms with Crippen LogP contribution < -0.4 is 4.74 Å². The van der Waals surface area contributed by atoms with Crippen LogP contribution in [0.3, 0.4) is 0 Å². The lowest BCUT2D eigenvalue weighted by atomic mass is 10.0. The van der Waals surface area contributed by atoms with Crippen LogP contribution in [0.4, 0.5) is 0 Å². The topological polar surface area (TPSA) is 44.8 Å². The SMILES string of the molecule is CCCCC[C@@H]1OCC[C@@H](C(=O)c2ccc(OC)cc2)O1. The van der Waals surface area contributed by atoms with Crippen LogP contribution in [-0.2, 0) is 9.47 Å². The van der Waals surface area contributed by atoms with Crippen LogP contribution in [0.25, 0.3) is 0 Å². The molecule has 1 fully saturated rings. The van der Waals surface area contributed by atoms with Crippen molar-refractivity contribution < 1.29 is 19.0 Å². The third kappa shape index (κ3) is 4.55. The number of ketones is 1. The number of unbranched alkanes of at least 4 members (excludes halogenated alkanes) is 2. The van der Waals surface area contributed by atoms with Gasteiger partial charge in [-0.05, 0) is 37.1 Å². The predicted molar refractivity (Wildman–Crippen MR) is 80.7 cm³/mol. The molecule has 0 amide bonds. The quantitative estimate of drug-likeness (QED) is 0.569. The minimum atomic E-state index is -0.390. The van der Waals surface area contributed by atoms with Crippen molar-refractivity contribution in [2.45, 2.75) is 51.4 Å². The van der Waals surface area contributed by atoms with Gasteiger partial charge in [0.1, 0.15) is 11.9 Å². The fourth-order valence-corrected chi connectivity index (χ4v) is 2.44. The van der Waals surface area contributed by atoms with Crippen LogP contribution in [0.2, 0.25) is 0 Å². The van der Waals surface area contributed by atoms with E-state index in [9.17, 15) is 4.79 Å². The van der Waals surface area contributed by atoms with Gasteiger partial charge >= 0.3 is 0 Å². The van der Waals surface area contributed by atoms with E-state index in [4.69, 9.17) is 14.2 Å². The first-order valence-electron chi connectivity index (χ1n) is 7.70. The molecule has 1 heterocycles. The second-order valence-corrected chi connectivity index (χ2v) is 5.30. The van der Waals surface area contributed by atoms with E-state index in [2.05, 4.69) is 6.92 Å². The van der Waals surface area contributed by atoms with Crippen LogP contribution in [0, 0.1) is 0 Å². The van der Waals surface area contributed by atoms with E-state index >= 15 is 0 Å². The number of ether oxygens (including phenoxy) is 3. The van der Waals surface area contributed by atoms with Gasteiger partial charge in [-0.25, -0.2) is 0 Å². The maximum absolute atomic E-state index is 12.5. The first kappa shape index (κ1) is 16.0. The van der Waals surface area contributed by atoms with Gasteiger partial charge in [-0.1, -0.05) is 19.8 Å². The molecule has 1 aliphatic rings. The molecule has 0 radical (unpaired) electrons. The molecule has 4 heteroatoms. The van der Waals surface area contributed by atoms with Crippen molar-refractivity contribution in [3.8, 4) is 5.75 Å². The van der Waals surface area contributed by atoms with E-state index in [1.165, 1.54) is 12.8 Å². The second kappa shape index (κ2) is 8.15. The Kier molecular flexibility index (Phi) is 6.21. The third-order valence-corrected chi connectivity index (χ3v) is 3.71. The Hall–Kier alpha value is -1.39. The van der Waals surface area contributed by atoms with Crippen molar-refractivity contribution in [1.82, 2.24) is 0 Å². The lowest BCUT2D eigenvalue weighted by molar-refractivity contribution is -0.202. The highest BCUT2D eigenvalue weighted by Crippen LogP contribution is 2.21. The summed E-state index contributed by atoms with van der Waals surface area (Å²) in [6.07, 6.45) is 4.26. The van der Waals surface area contributed by atoms with Gasteiger partial charge < -0.3 is 14.2 Å². The molecule has 0 saturated carbocycles. The predicted octanol–water partition coefficient (Wildman–Crippen LogP) is 3.59. The maximum Gasteiger partial charge on any atom is 0.191 e. The Morgan fingerprint density at radius 3 is 2.71 bits per heavy atom. The maximum atomic E-state index is 12.5. The van der Waals surface area contributed by atoms with E-state index in [1.54, 1.807) is 31.4 Å². The lowest BCUT2D eigenvalue weighted by Crippen LogP contribution is -2.37. The van der Waals surface area contributed by atoms with E-state index in [0.29, 0.717) is 18.6 Å². The van der Waals surface area contributed by atoms with Crippen LogP contribution in [-0.4, -0.2) is 31.9 Å². The first-order chi connectivity index (χ1) is 10.2. The Morgan fingerprint density at radius 2 is 2.05 bits per heavy atom. The number of hydrogen-bond donors (Lipinski definition) is 0. The molecule has 1 saturated heterocycles. The number of benzene rings is 1. The highest BCUT2D eigenvalue weighted by Gasteiger charge is 2.28. The van der Waals surface area contributed by atoms with Crippen LogP contribution in [0.15, 0.2) is 24.3 Å². The summed E-state index contributed by atoms with van der Waals surface area (Å²) in [6, 6.07) is 7.16. The van der Waals surface area contributed by atoms with Gasteiger partial charge in [0, 0.05) is 12.0 Å². The Balaban J connectivity index is 1.91. The summed E-state index contributed by atoms with van der Waals surface area (Å²) in [5.74, 6) is 0.776. The Bertz CT molecular complexity index is 441. The average Bonchev–Trinajstić information content (AvgIpc) is 2.55. The van der Waals surface area contributed by atoms with Crippen molar-refractivity contribution >= 4 is 5.78 Å². The van der Waals surface area contributed by atoms with E-state index in [-0.39, 0.29) is 12.1 Å². The largest absolute Gasteiger partial charge is 0.497 e. The Morgan fingerprint density at radius 1 is 1.29 bits per heavy atom. The molecule has 0 unspecified atom stereocenters. The summed E-state index contributed by atoms with van der Waals surface area (Å²) in [7, 11) is 1.61. The van der Waals surface area contributed by atoms with Crippen molar-refractivity contribution in [3.05, 3.63) is 29.8 Å². The number of rotatable bonds is 7. The number of methoxy groups -OCH3 is 1. The summed E-state index contributed by atoms with van der Waals surface area (Å²) in [4.78, 5) is 12.5. The highest BCUT2D eigenvalue weighted by molar-refractivity contribution is 5.99. The molecule has 1 aromatic carbocycles. The zero-order chi connectivity index (χ0) is 15.1. The highest BCUT2D eigenvalue weighted by atomic mass is 16.7. The van der Waals surface area contributed by atoms with Gasteiger partial charge in [0.05, 0.1) is 13.7 Å². The normalized spacial score (nSPS) is 22.0. The molecule has 0 aliphatic carbocycles. The molecule has 0 N–H and O–H groups in total. The molecular weight excluding hydrogens is 268 g/mol. The molecule has 116 valence electrons.